The number of carbonyl (C=O) groups excluding carboxylic acids is 1. The molecule has 0 aromatic heterocycles. The molecule has 0 unspecified atom stereocenters. The predicted octanol–water partition coefficient (Wildman–Crippen LogP) is 4.39. The lowest BCUT2D eigenvalue weighted by molar-refractivity contribution is -0.112. The molecule has 0 saturated carbocycles. The number of hydrogen-bond acceptors (Lipinski definition) is 3. The van der Waals surface area contributed by atoms with Crippen molar-refractivity contribution in [1.82, 2.24) is 0 Å². The highest BCUT2D eigenvalue weighted by atomic mass is 16.5. The van der Waals surface area contributed by atoms with E-state index in [-0.39, 0.29) is 5.57 Å². The van der Waals surface area contributed by atoms with Gasteiger partial charge in [0.25, 0.3) is 5.91 Å². The molecular weight excluding hydrogens is 312 g/mol. The first-order valence-corrected chi connectivity index (χ1v) is 7.77. The number of para-hydroxylation sites is 1. The van der Waals surface area contributed by atoms with Gasteiger partial charge in [-0.15, -0.1) is 0 Å². The minimum Gasteiger partial charge on any atom is -0.496 e. The number of anilines is 1. The largest absolute Gasteiger partial charge is 0.496 e. The molecule has 0 aliphatic heterocycles. The Bertz CT molecular complexity index is 986. The van der Waals surface area contributed by atoms with Crippen molar-refractivity contribution < 1.29 is 9.53 Å². The molecular formula is C21H16N2O2. The summed E-state index contributed by atoms with van der Waals surface area (Å²) >= 11 is 0. The summed E-state index contributed by atoms with van der Waals surface area (Å²) < 4.78 is 5.38. The maximum absolute atomic E-state index is 12.4. The average Bonchev–Trinajstić information content (AvgIpc) is 2.66. The molecule has 3 rings (SSSR count). The Labute approximate surface area is 146 Å². The van der Waals surface area contributed by atoms with Crippen molar-refractivity contribution in [3.05, 3.63) is 77.9 Å². The van der Waals surface area contributed by atoms with E-state index in [1.807, 2.05) is 60.7 Å². The van der Waals surface area contributed by atoms with Gasteiger partial charge in [-0.3, -0.25) is 4.79 Å². The van der Waals surface area contributed by atoms with Gasteiger partial charge in [0.15, 0.2) is 0 Å². The molecule has 0 atom stereocenters. The van der Waals surface area contributed by atoms with Crippen molar-refractivity contribution in [1.29, 1.82) is 5.26 Å². The van der Waals surface area contributed by atoms with Gasteiger partial charge in [0, 0.05) is 11.1 Å². The summed E-state index contributed by atoms with van der Waals surface area (Å²) in [7, 11) is 1.62. The Balaban J connectivity index is 1.99. The SMILES string of the molecule is COc1ccc(/C=C(\C#N)C(=O)Nc2ccccc2)c2ccccc12. The van der Waals surface area contributed by atoms with Crippen molar-refractivity contribution in [2.45, 2.75) is 0 Å². The van der Waals surface area contributed by atoms with E-state index in [9.17, 15) is 10.1 Å². The highest BCUT2D eigenvalue weighted by Gasteiger charge is 2.11. The van der Waals surface area contributed by atoms with Gasteiger partial charge in [-0.05, 0) is 35.2 Å². The average molecular weight is 328 g/mol. The number of ether oxygens (including phenoxy) is 1. The molecule has 25 heavy (non-hydrogen) atoms. The number of rotatable bonds is 4. The van der Waals surface area contributed by atoms with Crippen LogP contribution in [0.5, 0.6) is 5.75 Å². The number of amides is 1. The molecule has 0 saturated heterocycles. The van der Waals surface area contributed by atoms with Crippen LogP contribution in [0.15, 0.2) is 72.3 Å². The summed E-state index contributed by atoms with van der Waals surface area (Å²) in [4.78, 5) is 12.4. The summed E-state index contributed by atoms with van der Waals surface area (Å²) in [6, 6.07) is 22.4. The van der Waals surface area contributed by atoms with Crippen LogP contribution in [0.25, 0.3) is 16.8 Å². The summed E-state index contributed by atoms with van der Waals surface area (Å²) in [5, 5.41) is 14.0. The van der Waals surface area contributed by atoms with Gasteiger partial charge < -0.3 is 10.1 Å². The summed E-state index contributed by atoms with van der Waals surface area (Å²) in [5.41, 5.74) is 1.48. The van der Waals surface area contributed by atoms with Crippen LogP contribution >= 0.6 is 0 Å². The van der Waals surface area contributed by atoms with Gasteiger partial charge in [0.2, 0.25) is 0 Å². The topological polar surface area (TPSA) is 62.1 Å². The highest BCUT2D eigenvalue weighted by molar-refractivity contribution is 6.11. The third-order valence-electron chi connectivity index (χ3n) is 3.83. The van der Waals surface area contributed by atoms with Crippen LogP contribution in [0, 0.1) is 11.3 Å². The third-order valence-corrected chi connectivity index (χ3v) is 3.83. The fourth-order valence-corrected chi connectivity index (χ4v) is 2.62. The Morgan fingerprint density at radius 1 is 1.00 bits per heavy atom. The van der Waals surface area contributed by atoms with Crippen LogP contribution in [0.2, 0.25) is 0 Å². The van der Waals surface area contributed by atoms with Gasteiger partial charge in [0.05, 0.1) is 7.11 Å². The molecule has 1 N–H and O–H groups in total. The van der Waals surface area contributed by atoms with Crippen molar-refractivity contribution in [3.8, 4) is 11.8 Å². The Hall–Kier alpha value is -3.58. The first-order valence-electron chi connectivity index (χ1n) is 7.77. The Kier molecular flexibility index (Phi) is 4.77. The molecule has 0 fully saturated rings. The number of fused-ring (bicyclic) bond motifs is 1. The number of nitriles is 1. The van der Waals surface area contributed by atoms with E-state index in [2.05, 4.69) is 5.32 Å². The molecule has 0 aliphatic rings. The molecule has 0 heterocycles. The van der Waals surface area contributed by atoms with Gasteiger partial charge in [-0.2, -0.15) is 5.26 Å². The van der Waals surface area contributed by atoms with E-state index in [4.69, 9.17) is 4.74 Å². The van der Waals surface area contributed by atoms with E-state index in [0.717, 1.165) is 22.1 Å². The second-order valence-electron chi connectivity index (χ2n) is 5.39. The lowest BCUT2D eigenvalue weighted by Gasteiger charge is -2.09. The van der Waals surface area contributed by atoms with E-state index >= 15 is 0 Å². The van der Waals surface area contributed by atoms with Crippen molar-refractivity contribution in [3.63, 3.8) is 0 Å². The van der Waals surface area contributed by atoms with Crippen LogP contribution in [0.1, 0.15) is 5.56 Å². The summed E-state index contributed by atoms with van der Waals surface area (Å²) in [5.74, 6) is 0.314. The van der Waals surface area contributed by atoms with Crippen molar-refractivity contribution in [2.75, 3.05) is 12.4 Å². The predicted molar refractivity (Wildman–Crippen MR) is 99.2 cm³/mol. The molecule has 4 heteroatoms. The minimum absolute atomic E-state index is 0.0409. The Morgan fingerprint density at radius 3 is 2.36 bits per heavy atom. The van der Waals surface area contributed by atoms with Crippen molar-refractivity contribution in [2.24, 2.45) is 0 Å². The van der Waals surface area contributed by atoms with Gasteiger partial charge in [0.1, 0.15) is 17.4 Å². The smallest absolute Gasteiger partial charge is 0.266 e. The minimum atomic E-state index is -0.436. The first kappa shape index (κ1) is 16.3. The van der Waals surface area contributed by atoms with Gasteiger partial charge in [-0.1, -0.05) is 48.5 Å². The van der Waals surface area contributed by atoms with Crippen LogP contribution < -0.4 is 10.1 Å². The first-order chi connectivity index (χ1) is 12.2. The fraction of sp³-hybridized carbons (Fsp3) is 0.0476. The molecule has 3 aromatic rings. The molecule has 122 valence electrons. The maximum atomic E-state index is 12.4. The number of nitrogens with one attached hydrogen (secondary N) is 1. The highest BCUT2D eigenvalue weighted by Crippen LogP contribution is 2.29. The summed E-state index contributed by atoms with van der Waals surface area (Å²) in [6.45, 7) is 0. The number of nitrogens with zero attached hydrogens (tertiary/aromatic N) is 1. The van der Waals surface area contributed by atoms with E-state index < -0.39 is 5.91 Å². The van der Waals surface area contributed by atoms with E-state index in [1.165, 1.54) is 0 Å². The second kappa shape index (κ2) is 7.33. The fourth-order valence-electron chi connectivity index (χ4n) is 2.62. The van der Waals surface area contributed by atoms with Crippen LogP contribution in [-0.2, 0) is 4.79 Å². The van der Waals surface area contributed by atoms with Crippen LogP contribution in [-0.4, -0.2) is 13.0 Å². The molecule has 0 aliphatic carbocycles. The van der Waals surface area contributed by atoms with Gasteiger partial charge in [-0.25, -0.2) is 0 Å². The monoisotopic (exact) mass is 328 g/mol. The van der Waals surface area contributed by atoms with Gasteiger partial charge >= 0.3 is 0 Å². The quantitative estimate of drug-likeness (QED) is 0.570. The molecule has 0 spiro atoms. The standard InChI is InChI=1S/C21H16N2O2/c1-25-20-12-11-15(18-9-5-6-10-19(18)20)13-16(14-22)21(24)23-17-7-3-2-4-8-17/h2-13H,1H3,(H,23,24)/b16-13+. The molecule has 0 radical (unpaired) electrons. The summed E-state index contributed by atoms with van der Waals surface area (Å²) in [6.07, 6.45) is 1.60. The second-order valence-corrected chi connectivity index (χ2v) is 5.39. The van der Waals surface area contributed by atoms with Crippen LogP contribution in [0.4, 0.5) is 5.69 Å². The van der Waals surface area contributed by atoms with E-state index in [0.29, 0.717) is 5.69 Å². The molecule has 3 aromatic carbocycles. The zero-order chi connectivity index (χ0) is 17.6. The molecule has 1 amide bonds. The lowest BCUT2D eigenvalue weighted by Crippen LogP contribution is -2.13. The number of methoxy groups -OCH3 is 1. The molecule has 0 bridgehead atoms. The normalized spacial score (nSPS) is 11.0. The third kappa shape index (κ3) is 3.51. The zero-order valence-electron chi connectivity index (χ0n) is 13.7. The number of hydrogen-bond donors (Lipinski definition) is 1. The zero-order valence-corrected chi connectivity index (χ0v) is 13.7. The van der Waals surface area contributed by atoms with Crippen LogP contribution in [0.3, 0.4) is 0 Å². The number of carbonyl (C=O) groups is 1. The lowest BCUT2D eigenvalue weighted by atomic mass is 10.0. The Morgan fingerprint density at radius 2 is 1.68 bits per heavy atom. The van der Waals surface area contributed by atoms with E-state index in [1.54, 1.807) is 25.3 Å². The van der Waals surface area contributed by atoms with Crippen molar-refractivity contribution >= 4 is 28.4 Å². The maximum Gasteiger partial charge on any atom is 0.266 e. The number of benzene rings is 3. The molecule has 4 nitrogen and oxygen atoms in total.